The molecule has 3 N–H and O–H groups in total. The van der Waals surface area contributed by atoms with Gasteiger partial charge < -0.3 is 11.1 Å². The number of rotatable bonds is 4. The fourth-order valence-corrected chi connectivity index (χ4v) is 2.18. The third-order valence-electron chi connectivity index (χ3n) is 2.92. The van der Waals surface area contributed by atoms with E-state index in [1.165, 1.54) is 9.13 Å². The van der Waals surface area contributed by atoms with Crippen molar-refractivity contribution >= 4 is 34.2 Å². The van der Waals surface area contributed by atoms with Crippen LogP contribution in [0.4, 0.5) is 5.69 Å². The van der Waals surface area contributed by atoms with E-state index in [1.54, 1.807) is 12.1 Å². The zero-order valence-corrected chi connectivity index (χ0v) is 12.7. The summed E-state index contributed by atoms with van der Waals surface area (Å²) in [5.74, 6) is -0.405. The number of carbonyl (C=O) groups is 1. The summed E-state index contributed by atoms with van der Waals surface area (Å²) in [5, 5.41) is 3.39. The fourth-order valence-electron chi connectivity index (χ4n) is 1.82. The third-order valence-corrected chi connectivity index (χ3v) is 3.64. The number of carbonyl (C=O) groups excluding carboxylic acids is 1. The second-order valence-electron chi connectivity index (χ2n) is 4.36. The summed E-state index contributed by atoms with van der Waals surface area (Å²) >= 11 is 2.29. The highest BCUT2D eigenvalue weighted by Crippen LogP contribution is 2.20. The van der Waals surface area contributed by atoms with Crippen LogP contribution in [0.15, 0.2) is 48.5 Å². The number of primary amides is 1. The van der Waals surface area contributed by atoms with Crippen molar-refractivity contribution in [1.29, 1.82) is 0 Å². The number of amides is 1. The van der Waals surface area contributed by atoms with Gasteiger partial charge in [-0.3, -0.25) is 4.79 Å². The van der Waals surface area contributed by atoms with E-state index in [0.717, 1.165) is 5.69 Å². The molecule has 0 aliphatic heterocycles. The van der Waals surface area contributed by atoms with Crippen molar-refractivity contribution in [2.24, 2.45) is 5.73 Å². The van der Waals surface area contributed by atoms with Crippen molar-refractivity contribution in [3.63, 3.8) is 0 Å². The average molecular weight is 366 g/mol. The van der Waals surface area contributed by atoms with Crippen LogP contribution in [0.3, 0.4) is 0 Å². The van der Waals surface area contributed by atoms with Crippen LogP contribution in [-0.4, -0.2) is 5.91 Å². The highest BCUT2D eigenvalue weighted by atomic mass is 127. The summed E-state index contributed by atoms with van der Waals surface area (Å²) < 4.78 is 1.22. The van der Waals surface area contributed by atoms with Crippen LogP contribution in [0.25, 0.3) is 0 Å². The topological polar surface area (TPSA) is 55.1 Å². The Labute approximate surface area is 126 Å². The van der Waals surface area contributed by atoms with Crippen LogP contribution >= 0.6 is 22.6 Å². The zero-order valence-electron chi connectivity index (χ0n) is 10.6. The summed E-state index contributed by atoms with van der Waals surface area (Å²) in [4.78, 5) is 11.0. The minimum atomic E-state index is -0.405. The van der Waals surface area contributed by atoms with Crippen molar-refractivity contribution in [2.75, 3.05) is 5.32 Å². The highest BCUT2D eigenvalue weighted by Gasteiger charge is 2.06. The Balaban J connectivity index is 2.08. The van der Waals surface area contributed by atoms with Crippen LogP contribution in [-0.2, 0) is 0 Å². The molecule has 0 aliphatic rings. The SMILES string of the molecule is CC(Nc1ccc(C(N)=O)cc1)c1ccc(I)cc1. The van der Waals surface area contributed by atoms with Gasteiger partial charge in [0, 0.05) is 20.9 Å². The van der Waals surface area contributed by atoms with Crippen molar-refractivity contribution in [2.45, 2.75) is 13.0 Å². The molecule has 0 heterocycles. The van der Waals surface area contributed by atoms with E-state index in [2.05, 4.69) is 59.1 Å². The van der Waals surface area contributed by atoms with Gasteiger partial charge in [-0.2, -0.15) is 0 Å². The molecule has 0 spiro atoms. The molecule has 19 heavy (non-hydrogen) atoms. The Bertz CT molecular complexity index is 564. The second-order valence-corrected chi connectivity index (χ2v) is 5.60. The van der Waals surface area contributed by atoms with E-state index in [4.69, 9.17) is 5.73 Å². The first-order chi connectivity index (χ1) is 9.06. The van der Waals surface area contributed by atoms with Gasteiger partial charge in [0.2, 0.25) is 5.91 Å². The van der Waals surface area contributed by atoms with E-state index in [-0.39, 0.29) is 6.04 Å². The lowest BCUT2D eigenvalue weighted by molar-refractivity contribution is 0.100. The minimum Gasteiger partial charge on any atom is -0.379 e. The summed E-state index contributed by atoms with van der Waals surface area (Å²) in [6.45, 7) is 2.10. The number of benzene rings is 2. The lowest BCUT2D eigenvalue weighted by Gasteiger charge is -2.16. The van der Waals surface area contributed by atoms with Crippen molar-refractivity contribution in [3.8, 4) is 0 Å². The molecule has 2 aromatic rings. The molecule has 3 nitrogen and oxygen atoms in total. The first-order valence-corrected chi connectivity index (χ1v) is 7.06. The van der Waals surface area contributed by atoms with Gasteiger partial charge in [-0.25, -0.2) is 0 Å². The molecule has 1 unspecified atom stereocenters. The van der Waals surface area contributed by atoms with Crippen LogP contribution in [0.2, 0.25) is 0 Å². The number of nitrogens with one attached hydrogen (secondary N) is 1. The van der Waals surface area contributed by atoms with Gasteiger partial charge in [-0.15, -0.1) is 0 Å². The Morgan fingerprint density at radius 3 is 2.21 bits per heavy atom. The number of hydrogen-bond donors (Lipinski definition) is 2. The second kappa shape index (κ2) is 6.06. The van der Waals surface area contributed by atoms with Crippen LogP contribution in [0.5, 0.6) is 0 Å². The number of anilines is 1. The highest BCUT2D eigenvalue weighted by molar-refractivity contribution is 14.1. The molecule has 0 fully saturated rings. The van der Waals surface area contributed by atoms with Gasteiger partial charge in [0.05, 0.1) is 0 Å². The average Bonchev–Trinajstić information content (AvgIpc) is 2.40. The fraction of sp³-hybridized carbons (Fsp3) is 0.133. The maximum absolute atomic E-state index is 11.0. The molecule has 98 valence electrons. The van der Waals surface area contributed by atoms with Crippen molar-refractivity contribution in [3.05, 3.63) is 63.2 Å². The van der Waals surface area contributed by atoms with Crippen LogP contribution in [0.1, 0.15) is 28.9 Å². The van der Waals surface area contributed by atoms with Gasteiger partial charge in [-0.1, -0.05) is 12.1 Å². The molecule has 1 amide bonds. The third kappa shape index (κ3) is 3.70. The Morgan fingerprint density at radius 2 is 1.68 bits per heavy atom. The maximum Gasteiger partial charge on any atom is 0.248 e. The first kappa shape index (κ1) is 13.9. The zero-order chi connectivity index (χ0) is 13.8. The van der Waals surface area contributed by atoms with Crippen LogP contribution < -0.4 is 11.1 Å². The van der Waals surface area contributed by atoms with Gasteiger partial charge in [0.25, 0.3) is 0 Å². The monoisotopic (exact) mass is 366 g/mol. The van der Waals surface area contributed by atoms with Crippen molar-refractivity contribution < 1.29 is 4.79 Å². The molecule has 0 aliphatic carbocycles. The van der Waals surface area contributed by atoms with Gasteiger partial charge >= 0.3 is 0 Å². The van der Waals surface area contributed by atoms with E-state index in [1.807, 2.05) is 12.1 Å². The normalized spacial score (nSPS) is 11.9. The summed E-state index contributed by atoms with van der Waals surface area (Å²) in [6.07, 6.45) is 0. The molecule has 2 rings (SSSR count). The lowest BCUT2D eigenvalue weighted by atomic mass is 10.1. The van der Waals surface area contributed by atoms with E-state index >= 15 is 0 Å². The smallest absolute Gasteiger partial charge is 0.248 e. The molecule has 0 radical (unpaired) electrons. The molecular formula is C15H15IN2O. The molecule has 0 saturated carbocycles. The molecule has 2 aromatic carbocycles. The predicted molar refractivity (Wildman–Crippen MR) is 86.2 cm³/mol. The van der Waals surface area contributed by atoms with E-state index in [0.29, 0.717) is 5.56 Å². The maximum atomic E-state index is 11.0. The molecule has 0 aromatic heterocycles. The lowest BCUT2D eigenvalue weighted by Crippen LogP contribution is -2.11. The summed E-state index contributed by atoms with van der Waals surface area (Å²) in [5.41, 5.74) is 7.92. The Kier molecular flexibility index (Phi) is 4.42. The molecular weight excluding hydrogens is 351 g/mol. The predicted octanol–water partition coefficient (Wildman–Crippen LogP) is 3.56. The van der Waals surface area contributed by atoms with Crippen molar-refractivity contribution in [1.82, 2.24) is 0 Å². The molecule has 1 atom stereocenters. The quantitative estimate of drug-likeness (QED) is 0.813. The summed E-state index contributed by atoms with van der Waals surface area (Å²) in [7, 11) is 0. The summed E-state index contributed by atoms with van der Waals surface area (Å²) in [6, 6.07) is 15.8. The van der Waals surface area contributed by atoms with Crippen LogP contribution in [0, 0.1) is 3.57 Å². The largest absolute Gasteiger partial charge is 0.379 e. The Morgan fingerprint density at radius 1 is 1.11 bits per heavy atom. The number of nitrogens with two attached hydrogens (primary N) is 1. The number of hydrogen-bond acceptors (Lipinski definition) is 2. The van der Waals surface area contributed by atoms with Gasteiger partial charge in [0.15, 0.2) is 0 Å². The van der Waals surface area contributed by atoms with Gasteiger partial charge in [0.1, 0.15) is 0 Å². The molecule has 0 bridgehead atoms. The number of halogens is 1. The van der Waals surface area contributed by atoms with E-state index in [9.17, 15) is 4.79 Å². The minimum absolute atomic E-state index is 0.205. The molecule has 4 heteroatoms. The Hall–Kier alpha value is -1.56. The molecule has 0 saturated heterocycles. The van der Waals surface area contributed by atoms with E-state index < -0.39 is 5.91 Å². The van der Waals surface area contributed by atoms with Gasteiger partial charge in [-0.05, 0) is 71.5 Å². The standard InChI is InChI=1S/C15H15IN2O/c1-10(11-2-6-13(16)7-3-11)18-14-8-4-12(5-9-14)15(17)19/h2-10,18H,1H3,(H2,17,19). The first-order valence-electron chi connectivity index (χ1n) is 5.98.